The van der Waals surface area contributed by atoms with Crippen LogP contribution in [-0.4, -0.2) is 8.42 Å². The molecule has 64 valence electrons. The molecule has 3 nitrogen and oxygen atoms in total. The molecule has 1 N–H and O–H groups in total. The van der Waals surface area contributed by atoms with Crippen LogP contribution < -0.4 is 33.8 Å². The molecule has 0 aliphatic carbocycles. The molecule has 0 radical (unpaired) electrons. The molecule has 0 aliphatic heterocycles. The van der Waals surface area contributed by atoms with Gasteiger partial charge in [0.15, 0.2) is 0 Å². The molecule has 0 bridgehead atoms. The molecule has 0 saturated carbocycles. The van der Waals surface area contributed by atoms with Crippen molar-refractivity contribution in [1.29, 1.82) is 0 Å². The van der Waals surface area contributed by atoms with Gasteiger partial charge in [-0.2, -0.15) is 0 Å². The van der Waals surface area contributed by atoms with Crippen LogP contribution in [0.25, 0.3) is 0 Å². The molecule has 7 heteroatoms. The molecule has 0 amide bonds. The van der Waals surface area contributed by atoms with Crippen LogP contribution >= 0.6 is 23.1 Å². The summed E-state index contributed by atoms with van der Waals surface area (Å²) < 4.78 is 23.9. The molecule has 0 spiro atoms. The normalized spacial score (nSPS) is 10.8. The van der Waals surface area contributed by atoms with Gasteiger partial charge in [-0.15, -0.1) is 15.6 Å². The van der Waals surface area contributed by atoms with Crippen LogP contribution in [0.4, 0.5) is 0 Å². The summed E-state index contributed by atoms with van der Waals surface area (Å²) in [6, 6.07) is 3.25. The van der Waals surface area contributed by atoms with Crippen molar-refractivity contribution in [2.75, 3.05) is 0 Å². The fourth-order valence-corrected chi connectivity index (χ4v) is 2.85. The van der Waals surface area contributed by atoms with Gasteiger partial charge >= 0.3 is 29.6 Å². The Morgan fingerprint density at radius 2 is 2.17 bits per heavy atom. The van der Waals surface area contributed by atoms with E-state index in [2.05, 4.69) is 0 Å². The first-order valence-corrected chi connectivity index (χ1v) is 5.43. The first kappa shape index (κ1) is 12.9. The number of aryl methyl sites for hydroxylation is 1. The van der Waals surface area contributed by atoms with Crippen LogP contribution in [0.2, 0.25) is 0 Å². The van der Waals surface area contributed by atoms with Gasteiger partial charge in [0.2, 0.25) is 0 Å². The Bertz CT molecular complexity index is 353. The summed E-state index contributed by atoms with van der Waals surface area (Å²) in [6.45, 7) is 1.83. The molecule has 0 aromatic carbocycles. The average molecular weight is 236 g/mol. The minimum absolute atomic E-state index is 0. The molecule has 0 saturated heterocycles. The summed E-state index contributed by atoms with van der Waals surface area (Å²) >= 11 is 6.19. The van der Waals surface area contributed by atoms with Crippen molar-refractivity contribution < 1.29 is 39.4 Å². The zero-order chi connectivity index (χ0) is 8.48. The van der Waals surface area contributed by atoms with Gasteiger partial charge in [0.1, 0.15) is 4.21 Å². The van der Waals surface area contributed by atoms with Crippen LogP contribution in [0.15, 0.2) is 16.3 Å². The van der Waals surface area contributed by atoms with Gasteiger partial charge in [-0.05, 0) is 30.8 Å². The second-order valence-corrected chi connectivity index (χ2v) is 5.56. The summed E-state index contributed by atoms with van der Waals surface area (Å²) in [6.07, 6.45) is 0. The third-order valence-electron chi connectivity index (χ3n) is 1.08. The Morgan fingerprint density at radius 3 is 2.50 bits per heavy atom. The second kappa shape index (κ2) is 4.95. The number of nitrogens with one attached hydrogen (secondary N) is 1. The quantitative estimate of drug-likeness (QED) is 0.507. The Morgan fingerprint density at radius 1 is 1.58 bits per heavy atom. The standard InChI is InChI=1S/C5H6ClNO2S2.Na.H/c1-4-2-3-5(10-4)11(8,9)7-6;;/h2-3,7H,1H3;;/q;+1;-1. The number of thiophene rings is 1. The number of sulfonamides is 1. The van der Waals surface area contributed by atoms with Crippen molar-refractivity contribution in [1.82, 2.24) is 4.24 Å². The number of halogens is 1. The maximum atomic E-state index is 11.0. The second-order valence-electron chi connectivity index (χ2n) is 1.95. The van der Waals surface area contributed by atoms with E-state index in [1.807, 2.05) is 6.92 Å². The van der Waals surface area contributed by atoms with E-state index in [0.29, 0.717) is 0 Å². The molecule has 1 aromatic rings. The smallest absolute Gasteiger partial charge is 1.00 e. The van der Waals surface area contributed by atoms with Crippen molar-refractivity contribution >= 4 is 33.1 Å². The van der Waals surface area contributed by atoms with Gasteiger partial charge in [0, 0.05) is 4.88 Å². The minimum atomic E-state index is -3.44. The predicted molar refractivity (Wildman–Crippen MR) is 46.3 cm³/mol. The molecule has 1 rings (SSSR count). The van der Waals surface area contributed by atoms with Gasteiger partial charge in [-0.3, -0.25) is 0 Å². The first-order chi connectivity index (χ1) is 5.06. The van der Waals surface area contributed by atoms with Gasteiger partial charge in [-0.25, -0.2) is 8.42 Å². The molecule has 0 unspecified atom stereocenters. The van der Waals surface area contributed by atoms with Crippen LogP contribution in [0.1, 0.15) is 6.30 Å². The molecular weight excluding hydrogens is 229 g/mol. The summed E-state index contributed by atoms with van der Waals surface area (Å²) in [5.74, 6) is 0. The zero-order valence-corrected chi connectivity index (χ0v) is 11.1. The van der Waals surface area contributed by atoms with E-state index in [0.717, 1.165) is 4.88 Å². The van der Waals surface area contributed by atoms with Crippen molar-refractivity contribution in [2.24, 2.45) is 0 Å². The van der Waals surface area contributed by atoms with Crippen LogP contribution in [0, 0.1) is 6.92 Å². The van der Waals surface area contributed by atoms with E-state index in [1.54, 1.807) is 10.3 Å². The minimum Gasteiger partial charge on any atom is -1.00 e. The molecule has 0 aliphatic rings. The van der Waals surface area contributed by atoms with Gasteiger partial charge in [-0.1, -0.05) is 0 Å². The number of hydrogen-bond donors (Lipinski definition) is 1. The van der Waals surface area contributed by atoms with Crippen LogP contribution in [-0.2, 0) is 10.0 Å². The fraction of sp³-hybridized carbons (Fsp3) is 0.200. The Kier molecular flexibility index (Phi) is 5.32. The number of hydrogen-bond acceptors (Lipinski definition) is 3. The molecular formula is C5H7ClNNaO2S2. The molecule has 12 heavy (non-hydrogen) atoms. The van der Waals surface area contributed by atoms with Crippen molar-refractivity contribution in [3.8, 4) is 0 Å². The fourth-order valence-electron chi connectivity index (χ4n) is 0.595. The summed E-state index contributed by atoms with van der Waals surface area (Å²) in [4.78, 5) is 0.940. The predicted octanol–water partition coefficient (Wildman–Crippen LogP) is -1.39. The Hall–Kier alpha value is 0.900. The average Bonchev–Trinajstić information content (AvgIpc) is 2.36. The Labute approximate surface area is 104 Å². The number of rotatable bonds is 2. The maximum absolute atomic E-state index is 11.0. The van der Waals surface area contributed by atoms with Crippen molar-refractivity contribution in [3.05, 3.63) is 17.0 Å². The van der Waals surface area contributed by atoms with Crippen LogP contribution in [0.5, 0.6) is 0 Å². The largest absolute Gasteiger partial charge is 1.00 e. The van der Waals surface area contributed by atoms with E-state index in [4.69, 9.17) is 11.8 Å². The van der Waals surface area contributed by atoms with E-state index in [-0.39, 0.29) is 35.2 Å². The van der Waals surface area contributed by atoms with Crippen LogP contribution in [0.3, 0.4) is 0 Å². The van der Waals surface area contributed by atoms with Gasteiger partial charge in [0.05, 0.1) is 0 Å². The summed E-state index contributed by atoms with van der Waals surface area (Å²) in [5.41, 5.74) is 0. The van der Waals surface area contributed by atoms with E-state index in [9.17, 15) is 8.42 Å². The van der Waals surface area contributed by atoms with E-state index < -0.39 is 10.0 Å². The van der Waals surface area contributed by atoms with E-state index in [1.165, 1.54) is 17.4 Å². The molecule has 1 aromatic heterocycles. The third-order valence-corrected chi connectivity index (χ3v) is 4.26. The van der Waals surface area contributed by atoms with Crippen molar-refractivity contribution in [3.63, 3.8) is 0 Å². The molecule has 0 atom stereocenters. The van der Waals surface area contributed by atoms with E-state index >= 15 is 0 Å². The summed E-state index contributed by atoms with van der Waals surface area (Å²) in [7, 11) is -3.44. The van der Waals surface area contributed by atoms with Gasteiger partial charge in [0.25, 0.3) is 10.0 Å². The maximum Gasteiger partial charge on any atom is 1.00 e. The van der Waals surface area contributed by atoms with Crippen molar-refractivity contribution in [2.45, 2.75) is 11.1 Å². The monoisotopic (exact) mass is 235 g/mol. The third kappa shape index (κ3) is 2.99. The topological polar surface area (TPSA) is 46.2 Å². The SMILES string of the molecule is Cc1ccc(S(=O)(=O)NCl)s1.[H-].[Na+]. The summed E-state index contributed by atoms with van der Waals surface area (Å²) in [5, 5.41) is 0. The first-order valence-electron chi connectivity index (χ1n) is 2.75. The molecule has 0 fully saturated rings. The Balaban J connectivity index is 0. The molecule has 1 heterocycles. The van der Waals surface area contributed by atoms with Gasteiger partial charge < -0.3 is 1.43 Å². The zero-order valence-electron chi connectivity index (χ0n) is 7.67.